The normalized spacial score (nSPS) is 19.9. The summed E-state index contributed by atoms with van der Waals surface area (Å²) >= 11 is 6.19. The van der Waals surface area contributed by atoms with Crippen LogP contribution < -0.4 is 19.7 Å². The average molecular weight is 620 g/mol. The van der Waals surface area contributed by atoms with Crippen molar-refractivity contribution in [1.82, 2.24) is 15.0 Å². The van der Waals surface area contributed by atoms with Crippen molar-refractivity contribution < 1.29 is 17.9 Å². The number of anilines is 1. The number of fused-ring (bicyclic) bond motifs is 1. The maximum atomic E-state index is 12.8. The lowest BCUT2D eigenvalue weighted by Gasteiger charge is -2.50. The molecule has 2 aliphatic heterocycles. The van der Waals surface area contributed by atoms with Crippen LogP contribution in [0.5, 0.6) is 5.75 Å². The van der Waals surface area contributed by atoms with Crippen molar-refractivity contribution in [1.29, 1.82) is 0 Å². The number of nitrogens with one attached hydrogen (secondary N) is 2. The molecule has 2 fully saturated rings. The number of hydrogen-bond acceptors (Lipinski definition) is 7. The lowest BCUT2D eigenvalue weighted by atomic mass is 9.58. The van der Waals surface area contributed by atoms with Gasteiger partial charge in [0.05, 0.1) is 13.2 Å². The third-order valence-electron chi connectivity index (χ3n) is 8.42. The van der Waals surface area contributed by atoms with Crippen molar-refractivity contribution in [3.05, 3.63) is 82.5 Å². The predicted octanol–water partition coefficient (Wildman–Crippen LogP) is 4.66. The van der Waals surface area contributed by atoms with Crippen molar-refractivity contribution >= 4 is 39.8 Å². The van der Waals surface area contributed by atoms with E-state index in [1.807, 2.05) is 18.2 Å². The fraction of sp³-hybridized carbons (Fsp3) is 0.433. The molecule has 0 radical (unpaired) electrons. The predicted molar refractivity (Wildman–Crippen MR) is 163 cm³/mol. The van der Waals surface area contributed by atoms with Crippen LogP contribution in [0.4, 0.5) is 5.82 Å². The van der Waals surface area contributed by atoms with Gasteiger partial charge in [-0.1, -0.05) is 36.2 Å². The second-order valence-electron chi connectivity index (χ2n) is 10.7. The molecule has 1 saturated carbocycles. The van der Waals surface area contributed by atoms with Gasteiger partial charge in [0.15, 0.2) is 0 Å². The maximum Gasteiger partial charge on any atom is 0.242 e. The smallest absolute Gasteiger partial charge is 0.242 e. The molecule has 11 heteroatoms. The van der Waals surface area contributed by atoms with Gasteiger partial charge in [-0.2, -0.15) is 0 Å². The van der Waals surface area contributed by atoms with Gasteiger partial charge in [0, 0.05) is 42.3 Å². The van der Waals surface area contributed by atoms with Gasteiger partial charge in [-0.15, -0.1) is 12.4 Å². The first-order chi connectivity index (χ1) is 19.4. The average Bonchev–Trinajstić information content (AvgIpc) is 2.96. The van der Waals surface area contributed by atoms with Crippen LogP contribution in [0.3, 0.4) is 0 Å². The first-order valence-electron chi connectivity index (χ1n) is 14.0. The lowest BCUT2D eigenvalue weighted by Crippen LogP contribution is -2.49. The summed E-state index contributed by atoms with van der Waals surface area (Å²) in [5.41, 5.74) is 3.97. The third kappa shape index (κ3) is 6.35. The Balaban J connectivity index is 0.00000337. The Labute approximate surface area is 253 Å². The van der Waals surface area contributed by atoms with Gasteiger partial charge < -0.3 is 19.7 Å². The number of rotatable bonds is 9. The molecule has 8 nitrogen and oxygen atoms in total. The molecule has 3 aromatic rings. The maximum absolute atomic E-state index is 12.8. The zero-order valence-corrected chi connectivity index (χ0v) is 25.2. The molecule has 0 bridgehead atoms. The number of aromatic nitrogens is 1. The topological polar surface area (TPSA) is 92.8 Å². The van der Waals surface area contributed by atoms with E-state index in [2.05, 4.69) is 44.2 Å². The van der Waals surface area contributed by atoms with E-state index in [0.717, 1.165) is 55.5 Å². The minimum Gasteiger partial charge on any atom is -0.492 e. The van der Waals surface area contributed by atoms with E-state index in [9.17, 15) is 8.42 Å². The summed E-state index contributed by atoms with van der Waals surface area (Å²) in [5.74, 6) is 1.50. The standard InChI is InChI=1S/C30H35ClN4O4S.ClH/c31-24-5-3-23(4-6-24)30(11-1-12-30)29-27-20-25(7-2-22(27)10-13-32-29)39-17-14-34-40(36,37)26-8-9-28(33-21-26)35-15-18-38-19-16-35;/h2-9,20-21,29,32,34H,1,10-19H2;1H. The third-order valence-corrected chi connectivity index (χ3v) is 10.1. The molecule has 3 aliphatic rings. The Kier molecular flexibility index (Phi) is 9.43. The molecule has 1 aromatic heterocycles. The highest BCUT2D eigenvalue weighted by Gasteiger charge is 2.47. The minimum absolute atomic E-state index is 0. The van der Waals surface area contributed by atoms with E-state index in [1.54, 1.807) is 12.1 Å². The van der Waals surface area contributed by atoms with Crippen LogP contribution >= 0.6 is 24.0 Å². The Morgan fingerprint density at radius 3 is 2.56 bits per heavy atom. The lowest BCUT2D eigenvalue weighted by molar-refractivity contribution is 0.122. The summed E-state index contributed by atoms with van der Waals surface area (Å²) in [6.45, 7) is 4.10. The second-order valence-corrected chi connectivity index (χ2v) is 12.9. The summed E-state index contributed by atoms with van der Waals surface area (Å²) in [6, 6.07) is 18.1. The van der Waals surface area contributed by atoms with E-state index in [-0.39, 0.29) is 41.9 Å². The van der Waals surface area contributed by atoms with Gasteiger partial charge in [-0.05, 0) is 78.9 Å². The quantitative estimate of drug-likeness (QED) is 0.337. The highest BCUT2D eigenvalue weighted by molar-refractivity contribution is 7.89. The number of pyridine rings is 1. The molecule has 41 heavy (non-hydrogen) atoms. The minimum atomic E-state index is -3.69. The van der Waals surface area contributed by atoms with Crippen molar-refractivity contribution in [2.75, 3.05) is 50.9 Å². The number of benzene rings is 2. The summed E-state index contributed by atoms with van der Waals surface area (Å²) < 4.78 is 39.7. The first kappa shape index (κ1) is 30.1. The molecule has 0 spiro atoms. The van der Waals surface area contributed by atoms with Gasteiger partial charge in [-0.3, -0.25) is 0 Å². The zero-order valence-electron chi connectivity index (χ0n) is 22.9. The largest absolute Gasteiger partial charge is 0.492 e. The monoisotopic (exact) mass is 618 g/mol. The van der Waals surface area contributed by atoms with Crippen LogP contribution in [-0.2, 0) is 26.6 Å². The van der Waals surface area contributed by atoms with Gasteiger partial charge in [0.25, 0.3) is 0 Å². The van der Waals surface area contributed by atoms with Gasteiger partial charge in [-0.25, -0.2) is 18.1 Å². The Hall–Kier alpha value is -2.40. The molecule has 3 heterocycles. The number of hydrogen-bond donors (Lipinski definition) is 2. The van der Waals surface area contributed by atoms with Crippen LogP contribution in [0.25, 0.3) is 0 Å². The molecule has 1 unspecified atom stereocenters. The summed E-state index contributed by atoms with van der Waals surface area (Å²) in [5, 5.41) is 4.55. The van der Waals surface area contributed by atoms with Crippen LogP contribution in [0.15, 0.2) is 65.7 Å². The molecule has 2 aromatic carbocycles. The molecule has 2 N–H and O–H groups in total. The molecular formula is C30H36Cl2N4O4S. The van der Waals surface area contributed by atoms with Crippen molar-refractivity contribution in [2.45, 2.75) is 42.0 Å². The molecule has 1 saturated heterocycles. The molecule has 1 aliphatic carbocycles. The van der Waals surface area contributed by atoms with E-state index < -0.39 is 10.0 Å². The van der Waals surface area contributed by atoms with E-state index in [0.29, 0.717) is 13.2 Å². The van der Waals surface area contributed by atoms with Gasteiger partial charge in [0.2, 0.25) is 10.0 Å². The number of halogens is 2. The van der Waals surface area contributed by atoms with Crippen LogP contribution in [-0.4, -0.2) is 59.4 Å². The van der Waals surface area contributed by atoms with E-state index >= 15 is 0 Å². The zero-order chi connectivity index (χ0) is 27.6. The van der Waals surface area contributed by atoms with E-state index in [1.165, 1.54) is 29.3 Å². The number of nitrogens with zero attached hydrogens (tertiary/aromatic N) is 2. The second kappa shape index (κ2) is 12.9. The van der Waals surface area contributed by atoms with Crippen molar-refractivity contribution in [3.8, 4) is 5.75 Å². The first-order valence-corrected chi connectivity index (χ1v) is 15.8. The number of sulfonamides is 1. The molecule has 0 amide bonds. The Morgan fingerprint density at radius 1 is 1.10 bits per heavy atom. The summed E-state index contributed by atoms with van der Waals surface area (Å²) in [4.78, 5) is 6.58. The Morgan fingerprint density at radius 2 is 1.88 bits per heavy atom. The van der Waals surface area contributed by atoms with Crippen LogP contribution in [0.2, 0.25) is 5.02 Å². The number of ether oxygens (including phenoxy) is 2. The SMILES string of the molecule is Cl.O=S(=O)(NCCOc1ccc2c(c1)C(C1(c3ccc(Cl)cc3)CCC1)NCC2)c1ccc(N2CCOCC2)nc1. The highest BCUT2D eigenvalue weighted by atomic mass is 35.5. The van der Waals surface area contributed by atoms with Crippen LogP contribution in [0.1, 0.15) is 42.0 Å². The molecule has 220 valence electrons. The number of morpholine rings is 1. The van der Waals surface area contributed by atoms with Crippen molar-refractivity contribution in [2.24, 2.45) is 0 Å². The molecule has 1 atom stereocenters. The Bertz CT molecular complexity index is 1430. The summed E-state index contributed by atoms with van der Waals surface area (Å²) in [7, 11) is -3.69. The summed E-state index contributed by atoms with van der Waals surface area (Å²) in [6.07, 6.45) is 5.84. The molecular weight excluding hydrogens is 583 g/mol. The van der Waals surface area contributed by atoms with E-state index in [4.69, 9.17) is 21.1 Å². The molecule has 6 rings (SSSR count). The highest BCUT2D eigenvalue weighted by Crippen LogP contribution is 2.53. The van der Waals surface area contributed by atoms with Gasteiger partial charge in [0.1, 0.15) is 23.1 Å². The van der Waals surface area contributed by atoms with Crippen molar-refractivity contribution in [3.63, 3.8) is 0 Å². The fourth-order valence-corrected chi connectivity index (χ4v) is 7.22. The van der Waals surface area contributed by atoms with Crippen LogP contribution in [0, 0.1) is 0 Å². The van der Waals surface area contributed by atoms with Gasteiger partial charge >= 0.3 is 0 Å². The fourth-order valence-electron chi connectivity index (χ4n) is 6.14.